The van der Waals surface area contributed by atoms with Gasteiger partial charge in [0.05, 0.1) is 0 Å². The molecule has 0 spiro atoms. The standard InChI is InChI=1S/C31H57/c1-2-3-4-5-6-7-8-9-10-11-12-13-14-15-16-17-18-19-20-21-22-23-24-25-28-31-29-26-27-30-31/h26,29H,2-25,27-28H2,1H3. The third kappa shape index (κ3) is 21.1. The molecule has 0 unspecified atom stereocenters. The van der Waals surface area contributed by atoms with E-state index in [1.54, 1.807) is 0 Å². The summed E-state index contributed by atoms with van der Waals surface area (Å²) in [5.74, 6) is 0. The SMILES string of the molecule is CCCCCCCCCCCCCCCCCCCCCCCCCCC1=[C]CC=C1. The van der Waals surface area contributed by atoms with Gasteiger partial charge >= 0.3 is 0 Å². The first kappa shape index (κ1) is 28.5. The summed E-state index contributed by atoms with van der Waals surface area (Å²) in [5.41, 5.74) is 1.46. The maximum absolute atomic E-state index is 3.43. The Balaban J connectivity index is 1.62. The zero-order chi connectivity index (χ0) is 22.1. The molecule has 31 heavy (non-hydrogen) atoms. The van der Waals surface area contributed by atoms with E-state index in [4.69, 9.17) is 0 Å². The minimum absolute atomic E-state index is 1.05. The fourth-order valence-electron chi connectivity index (χ4n) is 4.90. The van der Waals surface area contributed by atoms with E-state index >= 15 is 0 Å². The summed E-state index contributed by atoms with van der Waals surface area (Å²) >= 11 is 0. The molecule has 1 aliphatic carbocycles. The van der Waals surface area contributed by atoms with Crippen LogP contribution in [-0.4, -0.2) is 0 Å². The van der Waals surface area contributed by atoms with Gasteiger partial charge in [0.15, 0.2) is 0 Å². The summed E-state index contributed by atoms with van der Waals surface area (Å²) in [7, 11) is 0. The Bertz CT molecular complexity index is 402. The number of hydrogen-bond acceptors (Lipinski definition) is 0. The summed E-state index contributed by atoms with van der Waals surface area (Å²) < 4.78 is 0. The lowest BCUT2D eigenvalue weighted by Crippen LogP contribution is -1.85. The molecule has 1 rings (SSSR count). The molecule has 0 aromatic rings. The van der Waals surface area contributed by atoms with E-state index in [2.05, 4.69) is 25.2 Å². The second kappa shape index (κ2) is 24.1. The van der Waals surface area contributed by atoms with Crippen molar-refractivity contribution in [2.24, 2.45) is 0 Å². The molecule has 181 valence electrons. The molecule has 0 atom stereocenters. The van der Waals surface area contributed by atoms with E-state index in [1.807, 2.05) is 0 Å². The second-order valence-corrected chi connectivity index (χ2v) is 10.2. The van der Waals surface area contributed by atoms with Gasteiger partial charge in [-0.15, -0.1) is 0 Å². The van der Waals surface area contributed by atoms with Crippen molar-refractivity contribution in [3.05, 3.63) is 23.8 Å². The summed E-state index contributed by atoms with van der Waals surface area (Å²) in [6.07, 6.45) is 45.4. The molecule has 1 aliphatic rings. The van der Waals surface area contributed by atoms with Gasteiger partial charge in [-0.25, -0.2) is 0 Å². The lowest BCUT2D eigenvalue weighted by atomic mass is 10.0. The smallest absolute Gasteiger partial charge is 0.00885 e. The molecule has 0 heteroatoms. The van der Waals surface area contributed by atoms with Gasteiger partial charge in [-0.05, 0) is 30.9 Å². The number of rotatable bonds is 25. The topological polar surface area (TPSA) is 0 Å². The molecule has 0 saturated heterocycles. The third-order valence-electron chi connectivity index (χ3n) is 7.07. The number of hydrogen-bond donors (Lipinski definition) is 0. The van der Waals surface area contributed by atoms with Crippen LogP contribution in [0, 0.1) is 6.08 Å². The largest absolute Gasteiger partial charge is 0.0798 e. The van der Waals surface area contributed by atoms with Crippen LogP contribution >= 0.6 is 0 Å². The third-order valence-corrected chi connectivity index (χ3v) is 7.07. The first-order chi connectivity index (χ1) is 15.4. The Morgan fingerprint density at radius 2 is 0.806 bits per heavy atom. The van der Waals surface area contributed by atoms with Gasteiger partial charge in [0.25, 0.3) is 0 Å². The molecule has 0 aliphatic heterocycles. The summed E-state index contributed by atoms with van der Waals surface area (Å²) in [5, 5.41) is 0. The highest BCUT2D eigenvalue weighted by atomic mass is 14.0. The zero-order valence-electron chi connectivity index (χ0n) is 21.5. The lowest BCUT2D eigenvalue weighted by molar-refractivity contribution is 0.517. The van der Waals surface area contributed by atoms with Crippen LogP contribution in [0.25, 0.3) is 0 Å². The van der Waals surface area contributed by atoms with E-state index < -0.39 is 0 Å². The van der Waals surface area contributed by atoms with Crippen molar-refractivity contribution in [1.29, 1.82) is 0 Å². The Kier molecular flexibility index (Phi) is 22.2. The van der Waals surface area contributed by atoms with Gasteiger partial charge < -0.3 is 0 Å². The highest BCUT2D eigenvalue weighted by Crippen LogP contribution is 2.18. The van der Waals surface area contributed by atoms with Gasteiger partial charge in [-0.2, -0.15) is 0 Å². The first-order valence-corrected chi connectivity index (χ1v) is 14.7. The van der Waals surface area contributed by atoms with Crippen molar-refractivity contribution < 1.29 is 0 Å². The average Bonchev–Trinajstić information content (AvgIpc) is 3.30. The molecule has 0 saturated carbocycles. The van der Waals surface area contributed by atoms with Crippen molar-refractivity contribution in [1.82, 2.24) is 0 Å². The van der Waals surface area contributed by atoms with Gasteiger partial charge in [-0.3, -0.25) is 0 Å². The van der Waals surface area contributed by atoms with Crippen LogP contribution in [0.5, 0.6) is 0 Å². The maximum Gasteiger partial charge on any atom is -0.00885 e. The van der Waals surface area contributed by atoms with Crippen molar-refractivity contribution >= 4 is 0 Å². The molecule has 0 amide bonds. The van der Waals surface area contributed by atoms with Crippen LogP contribution < -0.4 is 0 Å². The number of unbranched alkanes of at least 4 members (excludes halogenated alkanes) is 23. The van der Waals surface area contributed by atoms with Crippen molar-refractivity contribution in [2.75, 3.05) is 0 Å². The van der Waals surface area contributed by atoms with Crippen LogP contribution in [0.4, 0.5) is 0 Å². The highest BCUT2D eigenvalue weighted by Gasteiger charge is 1.99. The molecular weight excluding hydrogens is 372 g/mol. The average molecular weight is 430 g/mol. The predicted octanol–water partition coefficient (Wildman–Crippen LogP) is 11.4. The molecule has 0 aromatic heterocycles. The molecular formula is C31H57. The lowest BCUT2D eigenvalue weighted by Gasteiger charge is -2.04. The van der Waals surface area contributed by atoms with Crippen molar-refractivity contribution in [3.63, 3.8) is 0 Å². The Morgan fingerprint density at radius 1 is 0.484 bits per heavy atom. The Labute approximate surface area is 197 Å². The van der Waals surface area contributed by atoms with Crippen LogP contribution in [0.2, 0.25) is 0 Å². The minimum atomic E-state index is 1.05. The second-order valence-electron chi connectivity index (χ2n) is 10.2. The van der Waals surface area contributed by atoms with Crippen LogP contribution in [0.3, 0.4) is 0 Å². The minimum Gasteiger partial charge on any atom is -0.0798 e. The molecule has 0 bridgehead atoms. The molecule has 0 fully saturated rings. The van der Waals surface area contributed by atoms with E-state index in [0.29, 0.717) is 0 Å². The van der Waals surface area contributed by atoms with E-state index in [0.717, 1.165) is 6.42 Å². The summed E-state index contributed by atoms with van der Waals surface area (Å²) in [6, 6.07) is 0. The van der Waals surface area contributed by atoms with Crippen molar-refractivity contribution in [3.8, 4) is 0 Å². The fourth-order valence-corrected chi connectivity index (χ4v) is 4.90. The van der Waals surface area contributed by atoms with Gasteiger partial charge in [-0.1, -0.05) is 167 Å². The molecule has 0 N–H and O–H groups in total. The highest BCUT2D eigenvalue weighted by molar-refractivity contribution is 5.21. The summed E-state index contributed by atoms with van der Waals surface area (Å²) in [4.78, 5) is 0. The van der Waals surface area contributed by atoms with Gasteiger partial charge in [0.2, 0.25) is 0 Å². The van der Waals surface area contributed by atoms with Gasteiger partial charge in [0.1, 0.15) is 0 Å². The quantitative estimate of drug-likeness (QED) is 0.127. The predicted molar refractivity (Wildman–Crippen MR) is 142 cm³/mol. The zero-order valence-corrected chi connectivity index (χ0v) is 21.5. The van der Waals surface area contributed by atoms with E-state index in [-0.39, 0.29) is 0 Å². The first-order valence-electron chi connectivity index (χ1n) is 14.7. The Hall–Kier alpha value is -0.520. The number of allylic oxidation sites excluding steroid dienone is 4. The van der Waals surface area contributed by atoms with E-state index in [1.165, 1.54) is 166 Å². The fraction of sp³-hybridized carbons (Fsp3) is 0.871. The van der Waals surface area contributed by atoms with E-state index in [9.17, 15) is 0 Å². The molecule has 0 heterocycles. The summed E-state index contributed by atoms with van der Waals surface area (Å²) in [6.45, 7) is 2.30. The van der Waals surface area contributed by atoms with Crippen molar-refractivity contribution in [2.45, 2.75) is 174 Å². The molecule has 0 aromatic carbocycles. The van der Waals surface area contributed by atoms with Crippen LogP contribution in [0.15, 0.2) is 17.7 Å². The molecule has 1 radical (unpaired) electrons. The van der Waals surface area contributed by atoms with Crippen LogP contribution in [0.1, 0.15) is 174 Å². The van der Waals surface area contributed by atoms with Crippen LogP contribution in [-0.2, 0) is 0 Å². The normalized spacial score (nSPS) is 13.3. The maximum atomic E-state index is 3.43. The van der Waals surface area contributed by atoms with Gasteiger partial charge in [0, 0.05) is 0 Å². The molecule has 0 nitrogen and oxygen atoms in total. The monoisotopic (exact) mass is 429 g/mol. The Morgan fingerprint density at radius 3 is 1.10 bits per heavy atom.